The van der Waals surface area contributed by atoms with Crippen LogP contribution < -0.4 is 0 Å². The van der Waals surface area contributed by atoms with Gasteiger partial charge >= 0.3 is 0 Å². The number of aryl methyl sites for hydroxylation is 1. The van der Waals surface area contributed by atoms with Crippen LogP contribution in [0.2, 0.25) is 0 Å². The molecule has 0 unspecified atom stereocenters. The maximum absolute atomic E-state index is 2.31. The van der Waals surface area contributed by atoms with Crippen molar-refractivity contribution < 1.29 is 0 Å². The SMILES string of the molecule is CCCCCCc1cccc2c1=c1ccccc1=2. The summed E-state index contributed by atoms with van der Waals surface area (Å²) < 4.78 is 0. The zero-order valence-electron chi connectivity index (χ0n) is 11.1. The second-order valence-electron chi connectivity index (χ2n) is 5.20. The minimum Gasteiger partial charge on any atom is -0.0654 e. The molecular weight excluding hydrogens is 216 g/mol. The van der Waals surface area contributed by atoms with Crippen LogP contribution in [0.1, 0.15) is 38.2 Å². The van der Waals surface area contributed by atoms with Gasteiger partial charge in [-0.05, 0) is 39.3 Å². The molecule has 0 spiro atoms. The third kappa shape index (κ3) is 1.86. The Kier molecular flexibility index (Phi) is 3.19. The monoisotopic (exact) mass is 236 g/mol. The Balaban J connectivity index is 1.95. The fourth-order valence-corrected chi connectivity index (χ4v) is 2.97. The van der Waals surface area contributed by atoms with Crippen molar-refractivity contribution >= 4 is 0 Å². The number of hydrogen-bond donors (Lipinski definition) is 0. The molecule has 0 heterocycles. The van der Waals surface area contributed by atoms with Gasteiger partial charge in [-0.25, -0.2) is 0 Å². The van der Waals surface area contributed by atoms with Crippen molar-refractivity contribution in [3.05, 3.63) is 68.9 Å². The molecule has 0 bridgehead atoms. The van der Waals surface area contributed by atoms with E-state index in [1.54, 1.807) is 5.56 Å². The summed E-state index contributed by atoms with van der Waals surface area (Å²) >= 11 is 0. The lowest BCUT2D eigenvalue weighted by atomic mass is 9.94. The fourth-order valence-electron chi connectivity index (χ4n) is 2.97. The summed E-state index contributed by atoms with van der Waals surface area (Å²) in [6.45, 7) is 2.27. The molecule has 2 aromatic rings. The van der Waals surface area contributed by atoms with Gasteiger partial charge in [-0.15, -0.1) is 0 Å². The molecule has 1 aliphatic rings. The second-order valence-corrected chi connectivity index (χ2v) is 5.20. The lowest BCUT2D eigenvalue weighted by molar-refractivity contribution is 0.665. The molecule has 18 heavy (non-hydrogen) atoms. The molecule has 0 nitrogen and oxygen atoms in total. The standard InChI is InChI=1S/C18H20/c1-2-3-4-5-9-14-10-8-13-17-15-11-6-7-12-16(15)18(14)17/h6-8,10-13H,2-5,9H2,1H3. The molecular formula is C18H20. The van der Waals surface area contributed by atoms with E-state index in [0.717, 1.165) is 0 Å². The predicted octanol–water partition coefficient (Wildman–Crippen LogP) is 4.70. The van der Waals surface area contributed by atoms with Crippen LogP contribution in [-0.4, -0.2) is 0 Å². The normalized spacial score (nSPS) is 11.6. The van der Waals surface area contributed by atoms with Gasteiger partial charge in [0, 0.05) is 0 Å². The average Bonchev–Trinajstić information content (AvgIpc) is 2.40. The molecule has 0 aromatic heterocycles. The van der Waals surface area contributed by atoms with Gasteiger partial charge in [0.15, 0.2) is 0 Å². The Labute approximate surface area is 108 Å². The van der Waals surface area contributed by atoms with Crippen molar-refractivity contribution in [3.63, 3.8) is 0 Å². The molecule has 2 aromatic carbocycles. The first-order valence-electron chi connectivity index (χ1n) is 7.13. The lowest BCUT2D eigenvalue weighted by Crippen LogP contribution is -1.97. The summed E-state index contributed by atoms with van der Waals surface area (Å²) in [5, 5.41) is 5.87. The van der Waals surface area contributed by atoms with E-state index in [9.17, 15) is 0 Å². The lowest BCUT2D eigenvalue weighted by Gasteiger charge is -2.10. The van der Waals surface area contributed by atoms with E-state index in [0.29, 0.717) is 0 Å². The number of rotatable bonds is 5. The molecule has 1 aliphatic carbocycles. The average molecular weight is 236 g/mol. The summed E-state index contributed by atoms with van der Waals surface area (Å²) in [7, 11) is 0. The van der Waals surface area contributed by atoms with Crippen LogP contribution in [0.5, 0.6) is 0 Å². The number of unbranched alkanes of at least 4 members (excludes halogenated alkanes) is 3. The highest BCUT2D eigenvalue weighted by atomic mass is 14.1. The second kappa shape index (κ2) is 4.97. The largest absolute Gasteiger partial charge is 0.0654 e. The van der Waals surface area contributed by atoms with Crippen LogP contribution in [0.4, 0.5) is 0 Å². The molecule has 92 valence electrons. The van der Waals surface area contributed by atoms with Crippen molar-refractivity contribution in [2.24, 2.45) is 0 Å². The number of hydrogen-bond acceptors (Lipinski definition) is 0. The van der Waals surface area contributed by atoms with Crippen molar-refractivity contribution in [2.45, 2.75) is 39.0 Å². The van der Waals surface area contributed by atoms with Gasteiger partial charge in [-0.3, -0.25) is 0 Å². The molecule has 0 amide bonds. The van der Waals surface area contributed by atoms with Crippen LogP contribution in [0.25, 0.3) is 0 Å². The summed E-state index contributed by atoms with van der Waals surface area (Å²) in [5.74, 6) is 0. The third-order valence-electron chi connectivity index (χ3n) is 3.94. The van der Waals surface area contributed by atoms with Crippen LogP contribution >= 0.6 is 0 Å². The Morgan fingerprint density at radius 1 is 0.722 bits per heavy atom. The van der Waals surface area contributed by atoms with E-state index < -0.39 is 0 Å². The molecule has 0 atom stereocenters. The van der Waals surface area contributed by atoms with E-state index in [4.69, 9.17) is 0 Å². The van der Waals surface area contributed by atoms with Crippen LogP contribution in [-0.2, 0) is 6.42 Å². The quantitative estimate of drug-likeness (QED) is 0.563. The van der Waals surface area contributed by atoms with Gasteiger partial charge in [0.05, 0.1) is 0 Å². The van der Waals surface area contributed by atoms with Crippen molar-refractivity contribution in [1.29, 1.82) is 0 Å². The van der Waals surface area contributed by atoms with Crippen molar-refractivity contribution in [2.75, 3.05) is 0 Å². The highest BCUT2D eigenvalue weighted by molar-refractivity contribution is 5.34. The summed E-state index contributed by atoms with van der Waals surface area (Å²) in [5.41, 5.74) is 1.54. The topological polar surface area (TPSA) is 0 Å². The summed E-state index contributed by atoms with van der Waals surface area (Å²) in [6, 6.07) is 15.6. The van der Waals surface area contributed by atoms with Gasteiger partial charge in [0.2, 0.25) is 0 Å². The van der Waals surface area contributed by atoms with E-state index in [1.807, 2.05) is 0 Å². The Hall–Kier alpha value is -1.56. The molecule has 0 saturated heterocycles. The van der Waals surface area contributed by atoms with Crippen molar-refractivity contribution in [3.8, 4) is 0 Å². The van der Waals surface area contributed by atoms with E-state index in [1.165, 1.54) is 53.0 Å². The minimum atomic E-state index is 1.23. The fraction of sp³-hybridized carbons (Fsp3) is 0.333. The van der Waals surface area contributed by atoms with Gasteiger partial charge in [0.1, 0.15) is 0 Å². The van der Waals surface area contributed by atoms with E-state index >= 15 is 0 Å². The molecule has 0 fully saturated rings. The predicted molar refractivity (Wildman–Crippen MR) is 76.1 cm³/mol. The molecule has 3 rings (SSSR count). The highest BCUT2D eigenvalue weighted by Crippen LogP contribution is 2.18. The maximum Gasteiger partial charge on any atom is -0.00669 e. The van der Waals surface area contributed by atoms with Gasteiger partial charge in [-0.1, -0.05) is 68.7 Å². The maximum atomic E-state index is 2.31. The van der Waals surface area contributed by atoms with E-state index in [-0.39, 0.29) is 0 Å². The zero-order chi connectivity index (χ0) is 12.4. The Bertz CT molecular complexity index is 725. The molecule has 0 N–H and O–H groups in total. The molecule has 0 aliphatic heterocycles. The van der Waals surface area contributed by atoms with Crippen LogP contribution in [0.3, 0.4) is 0 Å². The Morgan fingerprint density at radius 2 is 1.50 bits per heavy atom. The van der Waals surface area contributed by atoms with Crippen LogP contribution in [0.15, 0.2) is 42.5 Å². The van der Waals surface area contributed by atoms with Gasteiger partial charge in [-0.2, -0.15) is 0 Å². The van der Waals surface area contributed by atoms with Gasteiger partial charge in [0.25, 0.3) is 0 Å². The Morgan fingerprint density at radius 3 is 2.33 bits per heavy atom. The minimum absolute atomic E-state index is 1.23. The molecule has 0 radical (unpaired) electrons. The van der Waals surface area contributed by atoms with Gasteiger partial charge < -0.3 is 0 Å². The number of fused-ring (bicyclic) bond motifs is 2. The summed E-state index contributed by atoms with van der Waals surface area (Å²) in [6.07, 6.45) is 6.60. The molecule has 0 heteroatoms. The van der Waals surface area contributed by atoms with E-state index in [2.05, 4.69) is 49.4 Å². The third-order valence-corrected chi connectivity index (χ3v) is 3.94. The first-order chi connectivity index (χ1) is 8.92. The highest BCUT2D eigenvalue weighted by Gasteiger charge is 2.05. The van der Waals surface area contributed by atoms with Crippen molar-refractivity contribution in [1.82, 2.24) is 0 Å². The first kappa shape index (κ1) is 11.5. The zero-order valence-corrected chi connectivity index (χ0v) is 11.1. The molecule has 0 saturated carbocycles. The smallest absolute Gasteiger partial charge is 0.00669 e. The first-order valence-corrected chi connectivity index (χ1v) is 7.13. The summed E-state index contributed by atoms with van der Waals surface area (Å²) in [4.78, 5) is 0. The van der Waals surface area contributed by atoms with Crippen LogP contribution in [0, 0.1) is 20.9 Å². The number of benzene rings is 2.